The molecule has 0 N–H and O–H groups in total. The van der Waals surface area contributed by atoms with Gasteiger partial charge in [0.05, 0.1) is 12.1 Å². The molecule has 118 valence electrons. The highest BCUT2D eigenvalue weighted by Gasteiger charge is 2.22. The summed E-state index contributed by atoms with van der Waals surface area (Å²) in [6.45, 7) is 5.11. The number of pyridine rings is 1. The van der Waals surface area contributed by atoms with Crippen LogP contribution in [0.2, 0.25) is 5.15 Å². The van der Waals surface area contributed by atoms with Gasteiger partial charge in [0.2, 0.25) is 0 Å². The van der Waals surface area contributed by atoms with Crippen LogP contribution >= 0.6 is 11.6 Å². The Morgan fingerprint density at radius 3 is 2.57 bits per heavy atom. The molecule has 0 amide bonds. The lowest BCUT2D eigenvalue weighted by Crippen LogP contribution is -2.01. The predicted molar refractivity (Wildman–Crippen MR) is 98.5 cm³/mol. The van der Waals surface area contributed by atoms with Gasteiger partial charge in [0.15, 0.2) is 0 Å². The summed E-state index contributed by atoms with van der Waals surface area (Å²) in [7, 11) is 0. The average molecular weight is 325 g/mol. The fourth-order valence-corrected chi connectivity index (χ4v) is 4.27. The van der Waals surface area contributed by atoms with Gasteiger partial charge in [0.25, 0.3) is 0 Å². The van der Waals surface area contributed by atoms with E-state index in [4.69, 9.17) is 11.6 Å². The van der Waals surface area contributed by atoms with Crippen molar-refractivity contribution in [1.82, 2.24) is 4.98 Å². The first-order chi connectivity index (χ1) is 11.1. The molecule has 2 heterocycles. The molecule has 0 saturated heterocycles. The largest absolute Gasteiger partial charge is 0.285 e. The number of hydrogen-bond acceptors (Lipinski definition) is 2. The van der Waals surface area contributed by atoms with Crippen LogP contribution in [0.1, 0.15) is 56.6 Å². The van der Waals surface area contributed by atoms with E-state index in [2.05, 4.69) is 42.0 Å². The number of aliphatic imine (C=N–C) groups is 1. The Morgan fingerprint density at radius 1 is 1.09 bits per heavy atom. The molecule has 0 bridgehead atoms. The zero-order valence-electron chi connectivity index (χ0n) is 13.7. The van der Waals surface area contributed by atoms with Gasteiger partial charge in [-0.05, 0) is 67.5 Å². The second kappa shape index (κ2) is 5.76. The van der Waals surface area contributed by atoms with Crippen molar-refractivity contribution in [3.05, 3.63) is 46.1 Å². The molecule has 0 spiro atoms. The first-order valence-corrected chi connectivity index (χ1v) is 8.83. The van der Waals surface area contributed by atoms with E-state index in [1.54, 1.807) is 0 Å². The minimum atomic E-state index is 0.564. The molecule has 4 rings (SSSR count). The van der Waals surface area contributed by atoms with Crippen LogP contribution in [0.3, 0.4) is 0 Å². The van der Waals surface area contributed by atoms with Crippen molar-refractivity contribution in [2.24, 2.45) is 4.99 Å². The maximum absolute atomic E-state index is 6.15. The number of hydrogen-bond donors (Lipinski definition) is 0. The minimum Gasteiger partial charge on any atom is -0.285 e. The van der Waals surface area contributed by atoms with Crippen molar-refractivity contribution in [3.63, 3.8) is 0 Å². The van der Waals surface area contributed by atoms with Crippen LogP contribution in [-0.4, -0.2) is 17.2 Å². The van der Waals surface area contributed by atoms with E-state index in [1.165, 1.54) is 53.3 Å². The molecule has 1 aromatic heterocycles. The van der Waals surface area contributed by atoms with Crippen molar-refractivity contribution in [3.8, 4) is 0 Å². The number of fused-ring (bicyclic) bond motifs is 1. The van der Waals surface area contributed by atoms with Gasteiger partial charge in [0.1, 0.15) is 5.15 Å². The summed E-state index contributed by atoms with van der Waals surface area (Å²) in [5, 5.41) is 1.82. The molecule has 3 heteroatoms. The highest BCUT2D eigenvalue weighted by Crippen LogP contribution is 2.40. The SMILES string of the molecule is CC1=NCC(C)=C1c1cc(C2CCCC2)c2ccc(Cl)nc2c1. The number of rotatable bonds is 2. The Balaban J connectivity index is 1.96. The van der Waals surface area contributed by atoms with Crippen LogP contribution < -0.4 is 0 Å². The van der Waals surface area contributed by atoms with Crippen molar-refractivity contribution in [2.75, 3.05) is 6.54 Å². The normalized spacial score (nSPS) is 19.0. The Hall–Kier alpha value is -1.67. The zero-order chi connectivity index (χ0) is 16.0. The van der Waals surface area contributed by atoms with Gasteiger partial charge in [-0.2, -0.15) is 0 Å². The third kappa shape index (κ3) is 2.59. The Morgan fingerprint density at radius 2 is 1.87 bits per heavy atom. The Labute approximate surface area is 142 Å². The van der Waals surface area contributed by atoms with Crippen molar-refractivity contribution in [2.45, 2.75) is 45.4 Å². The minimum absolute atomic E-state index is 0.564. The molecular weight excluding hydrogens is 304 g/mol. The molecule has 2 aliphatic rings. The smallest absolute Gasteiger partial charge is 0.129 e. The molecule has 1 aliphatic carbocycles. The van der Waals surface area contributed by atoms with E-state index in [0.29, 0.717) is 11.1 Å². The van der Waals surface area contributed by atoms with E-state index >= 15 is 0 Å². The van der Waals surface area contributed by atoms with Gasteiger partial charge in [-0.1, -0.05) is 30.5 Å². The second-order valence-corrected chi connectivity index (χ2v) is 7.19. The van der Waals surface area contributed by atoms with Crippen LogP contribution in [0, 0.1) is 0 Å². The van der Waals surface area contributed by atoms with E-state index in [0.717, 1.165) is 17.8 Å². The summed E-state index contributed by atoms with van der Waals surface area (Å²) in [6, 6.07) is 8.62. The van der Waals surface area contributed by atoms with E-state index in [9.17, 15) is 0 Å². The second-order valence-electron chi connectivity index (χ2n) is 6.80. The molecule has 1 aromatic carbocycles. The molecule has 1 saturated carbocycles. The van der Waals surface area contributed by atoms with Gasteiger partial charge >= 0.3 is 0 Å². The highest BCUT2D eigenvalue weighted by molar-refractivity contribution is 6.30. The fourth-order valence-electron chi connectivity index (χ4n) is 4.12. The summed E-state index contributed by atoms with van der Waals surface area (Å²) in [5.41, 5.74) is 7.50. The number of benzene rings is 1. The molecule has 1 fully saturated rings. The highest BCUT2D eigenvalue weighted by atomic mass is 35.5. The van der Waals surface area contributed by atoms with E-state index in [1.807, 2.05) is 6.07 Å². The van der Waals surface area contributed by atoms with Crippen LogP contribution in [0.5, 0.6) is 0 Å². The summed E-state index contributed by atoms with van der Waals surface area (Å²) in [6.07, 6.45) is 5.23. The first kappa shape index (κ1) is 14.9. The maximum Gasteiger partial charge on any atom is 0.129 e. The first-order valence-electron chi connectivity index (χ1n) is 8.45. The average Bonchev–Trinajstić information content (AvgIpc) is 3.16. The van der Waals surface area contributed by atoms with Gasteiger partial charge in [-0.25, -0.2) is 4.98 Å². The van der Waals surface area contributed by atoms with Crippen molar-refractivity contribution in [1.29, 1.82) is 0 Å². The Bertz CT molecular complexity index is 842. The van der Waals surface area contributed by atoms with E-state index < -0.39 is 0 Å². The molecule has 23 heavy (non-hydrogen) atoms. The topological polar surface area (TPSA) is 25.2 Å². The molecule has 0 radical (unpaired) electrons. The summed E-state index contributed by atoms with van der Waals surface area (Å²) >= 11 is 6.15. The standard InChI is InChI=1S/C20H21ClN2/c1-12-11-22-13(2)20(12)15-9-17(14-5-3-4-6-14)16-7-8-19(21)23-18(16)10-15/h7-10,14H,3-6,11H2,1-2H3. The van der Waals surface area contributed by atoms with Gasteiger partial charge in [-0.15, -0.1) is 0 Å². The van der Waals surface area contributed by atoms with Gasteiger partial charge < -0.3 is 0 Å². The van der Waals surface area contributed by atoms with Crippen LogP contribution in [0.25, 0.3) is 16.5 Å². The lowest BCUT2D eigenvalue weighted by molar-refractivity contribution is 0.729. The molecule has 1 aliphatic heterocycles. The van der Waals surface area contributed by atoms with E-state index in [-0.39, 0.29) is 0 Å². The third-order valence-electron chi connectivity index (χ3n) is 5.23. The molecule has 2 aromatic rings. The molecule has 0 atom stereocenters. The van der Waals surface area contributed by atoms with Crippen LogP contribution in [0.15, 0.2) is 34.8 Å². The summed E-state index contributed by atoms with van der Waals surface area (Å²) in [4.78, 5) is 9.19. The van der Waals surface area contributed by atoms with Crippen LogP contribution in [0.4, 0.5) is 0 Å². The molecule has 0 unspecified atom stereocenters. The lowest BCUT2D eigenvalue weighted by atomic mass is 9.88. The fraction of sp³-hybridized carbons (Fsp3) is 0.400. The van der Waals surface area contributed by atoms with Gasteiger partial charge in [0, 0.05) is 16.7 Å². The molecular formula is C20H21ClN2. The predicted octanol–water partition coefficient (Wildman–Crippen LogP) is 5.79. The van der Waals surface area contributed by atoms with Gasteiger partial charge in [-0.3, -0.25) is 4.99 Å². The number of aromatic nitrogens is 1. The summed E-state index contributed by atoms with van der Waals surface area (Å²) in [5.74, 6) is 0.653. The quantitative estimate of drug-likeness (QED) is 0.641. The van der Waals surface area contributed by atoms with Crippen molar-refractivity contribution < 1.29 is 0 Å². The van der Waals surface area contributed by atoms with Crippen molar-refractivity contribution >= 4 is 33.8 Å². The number of allylic oxidation sites excluding steroid dienone is 1. The summed E-state index contributed by atoms with van der Waals surface area (Å²) < 4.78 is 0. The lowest BCUT2D eigenvalue weighted by Gasteiger charge is -2.16. The third-order valence-corrected chi connectivity index (χ3v) is 5.44. The number of halogens is 1. The molecule has 2 nitrogen and oxygen atoms in total. The number of nitrogens with zero attached hydrogens (tertiary/aromatic N) is 2. The monoisotopic (exact) mass is 324 g/mol. The van der Waals surface area contributed by atoms with Crippen LogP contribution in [-0.2, 0) is 0 Å². The maximum atomic E-state index is 6.15. The zero-order valence-corrected chi connectivity index (χ0v) is 14.5. The Kier molecular flexibility index (Phi) is 3.73.